The van der Waals surface area contributed by atoms with Gasteiger partial charge in [0, 0.05) is 6.54 Å². The summed E-state index contributed by atoms with van der Waals surface area (Å²) in [6, 6.07) is 5.64. The second-order valence-electron chi connectivity index (χ2n) is 4.81. The van der Waals surface area contributed by atoms with E-state index in [0.29, 0.717) is 22.8 Å². The number of aromatic nitrogens is 2. The highest BCUT2D eigenvalue weighted by Gasteiger charge is 2.33. The van der Waals surface area contributed by atoms with Crippen LogP contribution in [0.1, 0.15) is 11.1 Å². The molecule has 3 rings (SSSR count). The minimum Gasteiger partial charge on any atom is -0.395 e. The number of anilines is 2. The van der Waals surface area contributed by atoms with Gasteiger partial charge in [-0.2, -0.15) is 13.2 Å². The van der Waals surface area contributed by atoms with Crippen LogP contribution in [0.4, 0.5) is 28.9 Å². The molecule has 0 radical (unpaired) electrons. The van der Waals surface area contributed by atoms with Crippen molar-refractivity contribution in [2.75, 3.05) is 11.1 Å². The summed E-state index contributed by atoms with van der Waals surface area (Å²) in [5, 5.41) is 10.0. The summed E-state index contributed by atoms with van der Waals surface area (Å²) in [4.78, 5) is 0. The molecule has 120 valence electrons. The van der Waals surface area contributed by atoms with E-state index >= 15 is 0 Å². The third kappa shape index (κ3) is 2.89. The second-order valence-corrected chi connectivity index (χ2v) is 4.81. The first-order valence-corrected chi connectivity index (χ1v) is 6.46. The van der Waals surface area contributed by atoms with Gasteiger partial charge in [-0.05, 0) is 40.1 Å². The lowest BCUT2D eigenvalue weighted by molar-refractivity contribution is -0.138. The van der Waals surface area contributed by atoms with E-state index in [0.717, 1.165) is 12.1 Å². The van der Waals surface area contributed by atoms with Gasteiger partial charge in [-0.1, -0.05) is 6.07 Å². The molecule has 0 saturated carbocycles. The molecule has 2 aromatic carbocycles. The number of halogens is 4. The van der Waals surface area contributed by atoms with Gasteiger partial charge in [-0.25, -0.2) is 9.02 Å². The fourth-order valence-corrected chi connectivity index (χ4v) is 2.18. The van der Waals surface area contributed by atoms with Crippen LogP contribution in [0.5, 0.6) is 0 Å². The molecule has 0 aliphatic heterocycles. The van der Waals surface area contributed by atoms with Crippen molar-refractivity contribution in [2.24, 2.45) is 0 Å². The maximum absolute atomic E-state index is 13.1. The van der Waals surface area contributed by atoms with Crippen molar-refractivity contribution in [1.82, 2.24) is 10.3 Å². The van der Waals surface area contributed by atoms with Crippen LogP contribution in [-0.4, -0.2) is 10.3 Å². The summed E-state index contributed by atoms with van der Waals surface area (Å²) in [6.45, 7) is -0.184. The summed E-state index contributed by atoms with van der Waals surface area (Å²) >= 11 is 0. The predicted octanol–water partition coefficient (Wildman–Crippen LogP) is 3.58. The highest BCUT2D eigenvalue weighted by Crippen LogP contribution is 2.33. The third-order valence-electron chi connectivity index (χ3n) is 3.31. The number of nitrogens with two attached hydrogens (primary N) is 1. The monoisotopic (exact) mass is 326 g/mol. The Bertz CT molecular complexity index is 860. The van der Waals surface area contributed by atoms with Gasteiger partial charge in [0.25, 0.3) is 0 Å². The zero-order chi connectivity index (χ0) is 16.6. The molecule has 0 amide bonds. The van der Waals surface area contributed by atoms with Gasteiger partial charge in [-0.15, -0.1) is 0 Å². The molecule has 0 bridgehead atoms. The van der Waals surface area contributed by atoms with Gasteiger partial charge >= 0.3 is 6.18 Å². The van der Waals surface area contributed by atoms with Gasteiger partial charge in [0.2, 0.25) is 0 Å². The Hall–Kier alpha value is -2.84. The minimum atomic E-state index is -4.65. The van der Waals surface area contributed by atoms with E-state index in [1.165, 1.54) is 0 Å². The Morgan fingerprint density at radius 1 is 1.13 bits per heavy atom. The Balaban J connectivity index is 1.89. The molecule has 9 heteroatoms. The average Bonchev–Trinajstić information content (AvgIpc) is 2.96. The van der Waals surface area contributed by atoms with Gasteiger partial charge in [-0.3, -0.25) is 0 Å². The van der Waals surface area contributed by atoms with Gasteiger partial charge in [0.15, 0.2) is 5.52 Å². The average molecular weight is 326 g/mol. The Morgan fingerprint density at radius 3 is 2.65 bits per heavy atom. The molecule has 1 aromatic heterocycles. The summed E-state index contributed by atoms with van der Waals surface area (Å²) in [6.07, 6.45) is -4.65. The molecule has 0 saturated heterocycles. The summed E-state index contributed by atoms with van der Waals surface area (Å²) in [5.74, 6) is -0.948. The summed E-state index contributed by atoms with van der Waals surface area (Å²) in [5.41, 5.74) is 6.07. The van der Waals surface area contributed by atoms with E-state index in [1.807, 2.05) is 0 Å². The molecular formula is C14H10F4N4O. The quantitative estimate of drug-likeness (QED) is 0.568. The van der Waals surface area contributed by atoms with Crippen molar-refractivity contribution in [1.29, 1.82) is 0 Å². The third-order valence-corrected chi connectivity index (χ3v) is 3.31. The molecule has 3 aromatic rings. The second kappa shape index (κ2) is 5.41. The standard InChI is InChI=1S/C14H10F4N4O/c15-8-2-1-7(9(5-8)14(16,17)18)6-20-10-3-4-11-13(12(10)19)22-23-21-11/h1-5,20H,6,19H2. The van der Waals surface area contributed by atoms with E-state index in [9.17, 15) is 17.6 Å². The molecule has 0 aliphatic rings. The largest absolute Gasteiger partial charge is 0.416 e. The number of nitrogen functional groups attached to an aromatic ring is 1. The number of fused-ring (bicyclic) bond motifs is 1. The van der Waals surface area contributed by atoms with Crippen molar-refractivity contribution >= 4 is 22.4 Å². The number of benzene rings is 2. The first kappa shape index (κ1) is 15.1. The molecule has 1 heterocycles. The molecule has 0 fully saturated rings. The Kier molecular flexibility index (Phi) is 3.55. The van der Waals surface area contributed by atoms with Crippen molar-refractivity contribution in [3.05, 3.63) is 47.3 Å². The van der Waals surface area contributed by atoms with Crippen molar-refractivity contribution in [2.45, 2.75) is 12.7 Å². The molecule has 0 unspecified atom stereocenters. The van der Waals surface area contributed by atoms with Crippen LogP contribution >= 0.6 is 0 Å². The van der Waals surface area contributed by atoms with E-state index in [2.05, 4.69) is 20.3 Å². The SMILES string of the molecule is Nc1c(NCc2ccc(F)cc2C(F)(F)F)ccc2nonc12. The fraction of sp³-hybridized carbons (Fsp3) is 0.143. The predicted molar refractivity (Wildman–Crippen MR) is 74.9 cm³/mol. The van der Waals surface area contributed by atoms with Crippen LogP contribution in [0.2, 0.25) is 0 Å². The van der Waals surface area contributed by atoms with Gasteiger partial charge in [0.1, 0.15) is 11.3 Å². The molecule has 3 N–H and O–H groups in total. The number of nitrogens with one attached hydrogen (secondary N) is 1. The summed E-state index contributed by atoms with van der Waals surface area (Å²) < 4.78 is 56.5. The van der Waals surface area contributed by atoms with Crippen LogP contribution in [0.3, 0.4) is 0 Å². The maximum Gasteiger partial charge on any atom is 0.416 e. The van der Waals surface area contributed by atoms with Gasteiger partial charge < -0.3 is 11.1 Å². The Labute approximate surface area is 127 Å². The van der Waals surface area contributed by atoms with E-state index in [1.54, 1.807) is 12.1 Å². The molecule has 5 nitrogen and oxygen atoms in total. The number of alkyl halides is 3. The highest BCUT2D eigenvalue weighted by molar-refractivity contribution is 5.93. The van der Waals surface area contributed by atoms with Crippen LogP contribution in [0.15, 0.2) is 35.0 Å². The molecule has 23 heavy (non-hydrogen) atoms. The number of rotatable bonds is 3. The van der Waals surface area contributed by atoms with Crippen molar-refractivity contribution in [3.8, 4) is 0 Å². The number of hydrogen-bond acceptors (Lipinski definition) is 5. The molecule has 0 spiro atoms. The van der Waals surface area contributed by atoms with Crippen LogP contribution < -0.4 is 11.1 Å². The minimum absolute atomic E-state index is 0.100. The summed E-state index contributed by atoms with van der Waals surface area (Å²) in [7, 11) is 0. The Morgan fingerprint density at radius 2 is 1.91 bits per heavy atom. The fourth-order valence-electron chi connectivity index (χ4n) is 2.18. The lowest BCUT2D eigenvalue weighted by atomic mass is 10.1. The van der Waals surface area contributed by atoms with Crippen LogP contribution in [0, 0.1) is 5.82 Å². The highest BCUT2D eigenvalue weighted by atomic mass is 19.4. The zero-order valence-electron chi connectivity index (χ0n) is 11.5. The lowest BCUT2D eigenvalue weighted by Gasteiger charge is -2.15. The van der Waals surface area contributed by atoms with E-state index < -0.39 is 17.6 Å². The van der Waals surface area contributed by atoms with Crippen LogP contribution in [0.25, 0.3) is 11.0 Å². The number of nitrogens with zero attached hydrogens (tertiary/aromatic N) is 2. The van der Waals surface area contributed by atoms with E-state index in [4.69, 9.17) is 5.73 Å². The first-order chi connectivity index (χ1) is 10.9. The smallest absolute Gasteiger partial charge is 0.395 e. The molecule has 0 aliphatic carbocycles. The van der Waals surface area contributed by atoms with Crippen molar-refractivity contribution < 1.29 is 22.2 Å². The van der Waals surface area contributed by atoms with Crippen molar-refractivity contribution in [3.63, 3.8) is 0 Å². The molecule has 0 atom stereocenters. The zero-order valence-corrected chi connectivity index (χ0v) is 11.5. The van der Waals surface area contributed by atoms with Crippen LogP contribution in [-0.2, 0) is 12.7 Å². The topological polar surface area (TPSA) is 77.0 Å². The van der Waals surface area contributed by atoms with Gasteiger partial charge in [0.05, 0.1) is 16.9 Å². The first-order valence-electron chi connectivity index (χ1n) is 6.46. The maximum atomic E-state index is 13.1. The van der Waals surface area contributed by atoms with E-state index in [-0.39, 0.29) is 17.8 Å². The number of hydrogen-bond donors (Lipinski definition) is 2. The molecular weight excluding hydrogens is 316 g/mol. The lowest BCUT2D eigenvalue weighted by Crippen LogP contribution is -2.13. The normalized spacial score (nSPS) is 11.8.